The molecular formula is C17H27N7. The van der Waals surface area contributed by atoms with E-state index in [-0.39, 0.29) is 0 Å². The van der Waals surface area contributed by atoms with Gasteiger partial charge < -0.3 is 15.6 Å². The molecule has 24 heavy (non-hydrogen) atoms. The molecular weight excluding hydrogens is 302 g/mol. The highest BCUT2D eigenvalue weighted by atomic mass is 15.5. The molecule has 1 aromatic heterocycles. The first kappa shape index (κ1) is 18.1. The molecule has 0 saturated carbocycles. The van der Waals surface area contributed by atoms with Crippen LogP contribution in [0.15, 0.2) is 36.7 Å². The second kappa shape index (κ2) is 9.14. The van der Waals surface area contributed by atoms with Crippen molar-refractivity contribution in [3.05, 3.63) is 42.5 Å². The number of hydrogen-bond donors (Lipinski definition) is 2. The minimum atomic E-state index is 0.626. The molecule has 1 fully saturated rings. The Morgan fingerprint density at radius 1 is 1.42 bits per heavy atom. The van der Waals surface area contributed by atoms with Gasteiger partial charge in [-0.3, -0.25) is 0 Å². The fourth-order valence-corrected chi connectivity index (χ4v) is 2.32. The highest BCUT2D eigenvalue weighted by Gasteiger charge is 2.13. The van der Waals surface area contributed by atoms with Crippen LogP contribution in [-0.4, -0.2) is 60.0 Å². The standard InChI is InChI=1S/C17H27N7/c1-5-15(8-7-14(3)22-23(4)6-2)17-20-16(13-19-21-17)24-11-9-18-10-12-24/h5,7-8,13,18,22H,3,6,9-12H2,1-2,4H3/b8-7-,15-5+. The van der Waals surface area contributed by atoms with Gasteiger partial charge in [-0.15, -0.1) is 5.10 Å². The summed E-state index contributed by atoms with van der Waals surface area (Å²) in [5.74, 6) is 1.50. The second-order valence-corrected chi connectivity index (χ2v) is 5.60. The average molecular weight is 329 g/mol. The van der Waals surface area contributed by atoms with Crippen molar-refractivity contribution in [2.75, 3.05) is 44.7 Å². The van der Waals surface area contributed by atoms with Gasteiger partial charge in [-0.05, 0) is 19.1 Å². The number of allylic oxidation sites excluding steroid dienone is 4. The van der Waals surface area contributed by atoms with E-state index in [9.17, 15) is 0 Å². The van der Waals surface area contributed by atoms with Crippen LogP contribution in [0, 0.1) is 0 Å². The predicted molar refractivity (Wildman–Crippen MR) is 98.3 cm³/mol. The second-order valence-electron chi connectivity index (χ2n) is 5.60. The lowest BCUT2D eigenvalue weighted by Crippen LogP contribution is -2.44. The van der Waals surface area contributed by atoms with E-state index in [2.05, 4.69) is 44.3 Å². The van der Waals surface area contributed by atoms with Gasteiger partial charge in [0.1, 0.15) is 0 Å². The maximum absolute atomic E-state index is 4.67. The Balaban J connectivity index is 2.09. The van der Waals surface area contributed by atoms with Crippen molar-refractivity contribution in [3.8, 4) is 0 Å². The van der Waals surface area contributed by atoms with Gasteiger partial charge in [0, 0.05) is 51.0 Å². The molecule has 0 bridgehead atoms. The lowest BCUT2D eigenvalue weighted by atomic mass is 10.2. The SMILES string of the molecule is C=C(/C=C\C(=C/C)c1nncc(N2CCNCC2)n1)NN(C)CC. The van der Waals surface area contributed by atoms with Crippen molar-refractivity contribution in [1.29, 1.82) is 0 Å². The number of hydrogen-bond acceptors (Lipinski definition) is 7. The highest BCUT2D eigenvalue weighted by Crippen LogP contribution is 2.15. The van der Waals surface area contributed by atoms with Crippen LogP contribution in [-0.2, 0) is 0 Å². The number of nitrogens with zero attached hydrogens (tertiary/aromatic N) is 5. The number of rotatable bonds is 7. The van der Waals surface area contributed by atoms with Gasteiger partial charge in [0.15, 0.2) is 11.6 Å². The Kier molecular flexibility index (Phi) is 6.89. The van der Waals surface area contributed by atoms with Crippen LogP contribution < -0.4 is 15.6 Å². The first-order valence-corrected chi connectivity index (χ1v) is 8.31. The molecule has 0 spiro atoms. The molecule has 0 aliphatic carbocycles. The van der Waals surface area contributed by atoms with Crippen LogP contribution in [0.25, 0.3) is 5.57 Å². The topological polar surface area (TPSA) is 69.2 Å². The van der Waals surface area contributed by atoms with E-state index in [0.29, 0.717) is 5.82 Å². The molecule has 1 aliphatic heterocycles. The summed E-state index contributed by atoms with van der Waals surface area (Å²) in [6.45, 7) is 12.7. The van der Waals surface area contributed by atoms with Crippen molar-refractivity contribution in [2.24, 2.45) is 0 Å². The van der Waals surface area contributed by atoms with Gasteiger partial charge in [0.2, 0.25) is 0 Å². The lowest BCUT2D eigenvalue weighted by molar-refractivity contribution is 0.284. The largest absolute Gasteiger partial charge is 0.353 e. The summed E-state index contributed by atoms with van der Waals surface area (Å²) < 4.78 is 0. The monoisotopic (exact) mass is 329 g/mol. The van der Waals surface area contributed by atoms with Crippen LogP contribution in [0.4, 0.5) is 5.82 Å². The third-order valence-corrected chi connectivity index (χ3v) is 3.83. The molecule has 2 N–H and O–H groups in total. The molecule has 7 nitrogen and oxygen atoms in total. The molecule has 0 radical (unpaired) electrons. The van der Waals surface area contributed by atoms with E-state index in [1.165, 1.54) is 0 Å². The molecule has 0 atom stereocenters. The van der Waals surface area contributed by atoms with E-state index >= 15 is 0 Å². The molecule has 0 aromatic carbocycles. The number of anilines is 1. The summed E-state index contributed by atoms with van der Waals surface area (Å²) in [6, 6.07) is 0. The summed E-state index contributed by atoms with van der Waals surface area (Å²) in [6.07, 6.45) is 7.58. The molecule has 1 aliphatic rings. The third-order valence-electron chi connectivity index (χ3n) is 3.83. The Hall–Kier alpha value is -2.25. The molecule has 0 unspecified atom stereocenters. The summed E-state index contributed by atoms with van der Waals surface area (Å²) in [5, 5.41) is 13.6. The van der Waals surface area contributed by atoms with E-state index in [1.807, 2.05) is 37.2 Å². The number of aromatic nitrogens is 3. The maximum atomic E-state index is 4.67. The normalized spacial score (nSPS) is 16.0. The Morgan fingerprint density at radius 3 is 2.83 bits per heavy atom. The highest BCUT2D eigenvalue weighted by molar-refractivity contribution is 5.70. The van der Waals surface area contributed by atoms with Crippen LogP contribution in [0.3, 0.4) is 0 Å². The third kappa shape index (κ3) is 5.14. The minimum Gasteiger partial charge on any atom is -0.353 e. The van der Waals surface area contributed by atoms with E-state index in [4.69, 9.17) is 0 Å². The number of hydrazine groups is 1. The zero-order valence-electron chi connectivity index (χ0n) is 14.8. The van der Waals surface area contributed by atoms with Crippen molar-refractivity contribution >= 4 is 11.4 Å². The molecule has 2 rings (SSSR count). The summed E-state index contributed by atoms with van der Waals surface area (Å²) in [7, 11) is 1.97. The Bertz CT molecular complexity index is 603. The van der Waals surface area contributed by atoms with Crippen molar-refractivity contribution in [1.82, 2.24) is 30.9 Å². The van der Waals surface area contributed by atoms with Gasteiger partial charge >= 0.3 is 0 Å². The quantitative estimate of drug-likeness (QED) is 0.575. The molecule has 1 saturated heterocycles. The smallest absolute Gasteiger partial charge is 0.183 e. The average Bonchev–Trinajstić information content (AvgIpc) is 2.63. The number of nitrogens with one attached hydrogen (secondary N) is 2. The maximum Gasteiger partial charge on any atom is 0.183 e. The number of piperazine rings is 1. The molecule has 0 amide bonds. The van der Waals surface area contributed by atoms with Crippen LogP contribution >= 0.6 is 0 Å². The summed E-state index contributed by atoms with van der Waals surface area (Å²) in [4.78, 5) is 6.89. The van der Waals surface area contributed by atoms with E-state index in [0.717, 1.165) is 49.8 Å². The van der Waals surface area contributed by atoms with E-state index in [1.54, 1.807) is 6.20 Å². The van der Waals surface area contributed by atoms with Crippen LogP contribution in [0.5, 0.6) is 0 Å². The minimum absolute atomic E-state index is 0.626. The van der Waals surface area contributed by atoms with Crippen molar-refractivity contribution < 1.29 is 0 Å². The molecule has 7 heteroatoms. The molecule has 1 aromatic rings. The first-order chi connectivity index (χ1) is 11.6. The lowest BCUT2D eigenvalue weighted by Gasteiger charge is -2.28. The molecule has 2 heterocycles. The Morgan fingerprint density at radius 2 is 2.17 bits per heavy atom. The zero-order chi connectivity index (χ0) is 17.4. The van der Waals surface area contributed by atoms with Crippen LogP contribution in [0.1, 0.15) is 19.7 Å². The van der Waals surface area contributed by atoms with Gasteiger partial charge in [-0.25, -0.2) is 9.99 Å². The van der Waals surface area contributed by atoms with Gasteiger partial charge in [0.05, 0.1) is 6.20 Å². The van der Waals surface area contributed by atoms with Crippen LogP contribution in [0.2, 0.25) is 0 Å². The fraction of sp³-hybridized carbons (Fsp3) is 0.471. The first-order valence-electron chi connectivity index (χ1n) is 8.31. The van der Waals surface area contributed by atoms with Gasteiger partial charge in [-0.2, -0.15) is 5.10 Å². The fourth-order valence-electron chi connectivity index (χ4n) is 2.32. The zero-order valence-corrected chi connectivity index (χ0v) is 14.8. The van der Waals surface area contributed by atoms with Crippen molar-refractivity contribution in [2.45, 2.75) is 13.8 Å². The summed E-state index contributed by atoms with van der Waals surface area (Å²) in [5.41, 5.74) is 4.90. The van der Waals surface area contributed by atoms with E-state index < -0.39 is 0 Å². The molecule has 130 valence electrons. The predicted octanol–water partition coefficient (Wildman–Crippen LogP) is 1.21. The van der Waals surface area contributed by atoms with Gasteiger partial charge in [-0.1, -0.05) is 19.6 Å². The Labute approximate surface area is 144 Å². The van der Waals surface area contributed by atoms with Crippen molar-refractivity contribution in [3.63, 3.8) is 0 Å². The summed E-state index contributed by atoms with van der Waals surface area (Å²) >= 11 is 0. The van der Waals surface area contributed by atoms with Gasteiger partial charge in [0.25, 0.3) is 0 Å².